The molecule has 0 saturated heterocycles. The highest BCUT2D eigenvalue weighted by atomic mass is 32.1. The fraction of sp³-hybridized carbons (Fsp3) is 0.455. The van der Waals surface area contributed by atoms with Crippen LogP contribution >= 0.6 is 11.3 Å². The summed E-state index contributed by atoms with van der Waals surface area (Å²) in [4.78, 5) is 22.8. The van der Waals surface area contributed by atoms with Crippen LogP contribution in [0.2, 0.25) is 0 Å². The second-order valence-electron chi connectivity index (χ2n) is 4.33. The van der Waals surface area contributed by atoms with E-state index in [2.05, 4.69) is 25.5 Å². The number of nitrogens with one attached hydrogen (secondary N) is 2. The number of thiazole rings is 1. The normalized spacial score (nSPS) is 10.5. The van der Waals surface area contributed by atoms with Crippen molar-refractivity contribution in [2.24, 2.45) is 0 Å². The Bertz CT molecular complexity index is 579. The Hall–Kier alpha value is -2.16. The van der Waals surface area contributed by atoms with Crippen LogP contribution in [0.4, 0.5) is 10.7 Å². The number of aromatic nitrogens is 4. The van der Waals surface area contributed by atoms with Crippen molar-refractivity contribution in [3.05, 3.63) is 21.9 Å². The number of amides is 2. The van der Waals surface area contributed by atoms with Crippen LogP contribution in [0.15, 0.2) is 5.51 Å². The first-order valence-electron chi connectivity index (χ1n) is 6.11. The zero-order chi connectivity index (χ0) is 14.5. The lowest BCUT2D eigenvalue weighted by Gasteiger charge is -2.17. The van der Waals surface area contributed by atoms with E-state index in [9.17, 15) is 4.79 Å². The molecule has 0 saturated carbocycles. The first kappa shape index (κ1) is 14.3. The summed E-state index contributed by atoms with van der Waals surface area (Å²) in [6.07, 6.45) is 0.801. The maximum Gasteiger partial charge on any atom is 0.317 e. The van der Waals surface area contributed by atoms with E-state index in [4.69, 9.17) is 5.73 Å². The summed E-state index contributed by atoms with van der Waals surface area (Å²) in [5.74, 6) is 0.700. The van der Waals surface area contributed by atoms with Crippen molar-refractivity contribution in [2.45, 2.75) is 19.9 Å². The highest BCUT2D eigenvalue weighted by molar-refractivity contribution is 7.09. The highest BCUT2D eigenvalue weighted by Crippen LogP contribution is 2.12. The molecule has 0 atom stereocenters. The van der Waals surface area contributed by atoms with Gasteiger partial charge in [0.15, 0.2) is 0 Å². The molecule has 0 fully saturated rings. The second-order valence-corrected chi connectivity index (χ2v) is 5.27. The first-order chi connectivity index (χ1) is 9.56. The van der Waals surface area contributed by atoms with Crippen molar-refractivity contribution in [3.8, 4) is 0 Å². The van der Waals surface area contributed by atoms with E-state index in [-0.39, 0.29) is 18.5 Å². The van der Waals surface area contributed by atoms with Gasteiger partial charge in [-0.05, 0) is 6.92 Å². The average molecular weight is 295 g/mol. The Balaban J connectivity index is 1.76. The zero-order valence-corrected chi connectivity index (χ0v) is 12.2. The van der Waals surface area contributed by atoms with Gasteiger partial charge in [-0.1, -0.05) is 0 Å². The summed E-state index contributed by atoms with van der Waals surface area (Å²) in [6, 6.07) is -0.165. The van der Waals surface area contributed by atoms with Crippen molar-refractivity contribution < 1.29 is 4.79 Å². The highest BCUT2D eigenvalue weighted by Gasteiger charge is 2.10. The minimum atomic E-state index is -0.165. The average Bonchev–Trinajstić information content (AvgIpc) is 3.02. The van der Waals surface area contributed by atoms with Crippen LogP contribution in [0.25, 0.3) is 0 Å². The van der Waals surface area contributed by atoms with Crippen molar-refractivity contribution >= 4 is 23.3 Å². The van der Waals surface area contributed by atoms with Crippen molar-refractivity contribution in [1.29, 1.82) is 0 Å². The van der Waals surface area contributed by atoms with E-state index in [1.165, 1.54) is 4.88 Å². The molecule has 2 aromatic rings. The van der Waals surface area contributed by atoms with Gasteiger partial charge in [-0.3, -0.25) is 5.10 Å². The van der Waals surface area contributed by atoms with Gasteiger partial charge in [0.1, 0.15) is 5.82 Å². The van der Waals surface area contributed by atoms with Gasteiger partial charge in [0.05, 0.1) is 17.7 Å². The number of carbonyl (C=O) groups excluding carboxylic acids is 1. The summed E-state index contributed by atoms with van der Waals surface area (Å²) < 4.78 is 0. The molecule has 0 aliphatic heterocycles. The summed E-state index contributed by atoms with van der Waals surface area (Å²) in [5.41, 5.74) is 8.23. The molecule has 2 heterocycles. The molecule has 9 heteroatoms. The van der Waals surface area contributed by atoms with Crippen LogP contribution < -0.4 is 11.1 Å². The van der Waals surface area contributed by atoms with Crippen LogP contribution in [0.5, 0.6) is 0 Å². The number of hydrogen-bond acceptors (Lipinski definition) is 6. The van der Waals surface area contributed by atoms with E-state index in [1.54, 1.807) is 23.3 Å². The predicted octanol–water partition coefficient (Wildman–Crippen LogP) is 0.536. The monoisotopic (exact) mass is 295 g/mol. The molecule has 20 heavy (non-hydrogen) atoms. The lowest BCUT2D eigenvalue weighted by molar-refractivity contribution is 0.208. The van der Waals surface area contributed by atoms with E-state index < -0.39 is 0 Å². The standard InChI is InChI=1S/C11H17N7OS/c1-7-8(20-6-14-7)3-4-18(2)11(19)13-5-9-15-10(12)17-16-9/h6H,3-5H2,1-2H3,(H,13,19)(H3,12,15,16,17). The van der Waals surface area contributed by atoms with Gasteiger partial charge in [0.25, 0.3) is 0 Å². The lowest BCUT2D eigenvalue weighted by Crippen LogP contribution is -2.38. The topological polar surface area (TPSA) is 113 Å². The van der Waals surface area contributed by atoms with Gasteiger partial charge >= 0.3 is 6.03 Å². The molecule has 0 radical (unpaired) electrons. The number of urea groups is 1. The number of hydrogen-bond donors (Lipinski definition) is 3. The third kappa shape index (κ3) is 3.67. The number of nitrogen functional groups attached to an aromatic ring is 1. The van der Waals surface area contributed by atoms with Crippen LogP contribution in [-0.2, 0) is 13.0 Å². The van der Waals surface area contributed by atoms with Crippen LogP contribution in [-0.4, -0.2) is 44.7 Å². The van der Waals surface area contributed by atoms with Gasteiger partial charge in [-0.2, -0.15) is 4.98 Å². The Labute approximate surface area is 120 Å². The number of H-pyrrole nitrogens is 1. The minimum absolute atomic E-state index is 0.165. The van der Waals surface area contributed by atoms with Crippen molar-refractivity contribution in [2.75, 3.05) is 19.3 Å². The molecule has 0 aliphatic carbocycles. The molecule has 108 valence electrons. The number of nitrogens with two attached hydrogens (primary N) is 1. The molecule has 4 N–H and O–H groups in total. The molecule has 2 amide bonds. The predicted molar refractivity (Wildman–Crippen MR) is 76.2 cm³/mol. The summed E-state index contributed by atoms with van der Waals surface area (Å²) >= 11 is 1.61. The SMILES string of the molecule is Cc1ncsc1CCN(C)C(=O)NCc1nc(N)n[nH]1. The Morgan fingerprint density at radius 3 is 3.00 bits per heavy atom. The number of carbonyl (C=O) groups is 1. The summed E-state index contributed by atoms with van der Waals surface area (Å²) in [6.45, 7) is 2.88. The van der Waals surface area contributed by atoms with Crippen LogP contribution in [0.1, 0.15) is 16.4 Å². The molecule has 0 aromatic carbocycles. The molecular formula is C11H17N7OS. The lowest BCUT2D eigenvalue weighted by atomic mass is 10.3. The summed E-state index contributed by atoms with van der Waals surface area (Å²) in [5, 5.41) is 9.07. The van der Waals surface area contributed by atoms with Crippen LogP contribution in [0, 0.1) is 6.92 Å². The Kier molecular flexibility index (Phi) is 4.51. The summed E-state index contributed by atoms with van der Waals surface area (Å²) in [7, 11) is 1.75. The third-order valence-electron chi connectivity index (χ3n) is 2.82. The van der Waals surface area contributed by atoms with E-state index in [1.807, 2.05) is 12.4 Å². The molecule has 0 aliphatic rings. The molecule has 0 bridgehead atoms. The van der Waals surface area contributed by atoms with Gasteiger partial charge in [0.2, 0.25) is 5.95 Å². The number of rotatable bonds is 5. The van der Waals surface area contributed by atoms with Gasteiger partial charge in [-0.25, -0.2) is 9.78 Å². The van der Waals surface area contributed by atoms with Crippen molar-refractivity contribution in [3.63, 3.8) is 0 Å². The number of aromatic amines is 1. The number of aryl methyl sites for hydroxylation is 1. The largest absolute Gasteiger partial charge is 0.367 e. The van der Waals surface area contributed by atoms with E-state index in [0.29, 0.717) is 12.4 Å². The molecule has 0 spiro atoms. The van der Waals surface area contributed by atoms with E-state index in [0.717, 1.165) is 12.1 Å². The fourth-order valence-electron chi connectivity index (χ4n) is 1.62. The maximum absolute atomic E-state index is 11.9. The molecule has 8 nitrogen and oxygen atoms in total. The second kappa shape index (κ2) is 6.33. The Morgan fingerprint density at radius 1 is 1.60 bits per heavy atom. The zero-order valence-electron chi connectivity index (χ0n) is 11.4. The smallest absolute Gasteiger partial charge is 0.317 e. The first-order valence-corrected chi connectivity index (χ1v) is 6.99. The number of anilines is 1. The molecular weight excluding hydrogens is 278 g/mol. The van der Waals surface area contributed by atoms with Gasteiger partial charge < -0.3 is 16.0 Å². The minimum Gasteiger partial charge on any atom is -0.367 e. The molecule has 2 aromatic heterocycles. The molecule has 0 unspecified atom stereocenters. The molecule has 2 rings (SSSR count). The third-order valence-corrected chi connectivity index (χ3v) is 3.82. The van der Waals surface area contributed by atoms with Gasteiger partial charge in [0, 0.05) is 24.9 Å². The number of nitrogens with zero attached hydrogens (tertiary/aromatic N) is 4. The van der Waals surface area contributed by atoms with Crippen LogP contribution in [0.3, 0.4) is 0 Å². The maximum atomic E-state index is 11.9. The van der Waals surface area contributed by atoms with Crippen molar-refractivity contribution in [1.82, 2.24) is 30.4 Å². The quantitative estimate of drug-likeness (QED) is 0.745. The number of likely N-dealkylation sites (N-methyl/N-ethyl adjacent to an activating group) is 1. The fourth-order valence-corrected chi connectivity index (χ4v) is 2.39. The van der Waals surface area contributed by atoms with Gasteiger partial charge in [-0.15, -0.1) is 16.4 Å². The Morgan fingerprint density at radius 2 is 2.40 bits per heavy atom. The van der Waals surface area contributed by atoms with E-state index >= 15 is 0 Å².